The topological polar surface area (TPSA) is 147 Å². The third-order valence-corrected chi connectivity index (χ3v) is 4.02. The van der Waals surface area contributed by atoms with E-state index in [0.717, 1.165) is 18.2 Å². The number of rotatable bonds is 6. The molecule has 0 spiro atoms. The van der Waals surface area contributed by atoms with Crippen LogP contribution < -0.4 is 10.5 Å². The number of carboxylic acids is 1. The highest BCUT2D eigenvalue weighted by molar-refractivity contribution is 7.89. The van der Waals surface area contributed by atoms with Gasteiger partial charge in [-0.05, 0) is 18.2 Å². The van der Waals surface area contributed by atoms with Crippen LogP contribution in [0.5, 0.6) is 0 Å². The molecule has 0 saturated carbocycles. The second kappa shape index (κ2) is 6.18. The Morgan fingerprint density at radius 3 is 2.50 bits per heavy atom. The van der Waals surface area contributed by atoms with E-state index in [2.05, 4.69) is 0 Å². The van der Waals surface area contributed by atoms with Gasteiger partial charge in [0.15, 0.2) is 0 Å². The standard InChI is InChI=1S/C10H11ClN2O6S/c11-7-2-1-5(3-6(7)10(16)17)20(18,19)13-4-8(14)9(12)15/h1-3,8,13-14H,4H2,(H2,12,15)(H,16,17). The summed E-state index contributed by atoms with van der Waals surface area (Å²) < 4.78 is 25.6. The van der Waals surface area contributed by atoms with Gasteiger partial charge in [-0.1, -0.05) is 11.6 Å². The lowest BCUT2D eigenvalue weighted by Crippen LogP contribution is -2.39. The summed E-state index contributed by atoms with van der Waals surface area (Å²) in [6.45, 7) is -0.622. The first-order valence-electron chi connectivity index (χ1n) is 5.15. The van der Waals surface area contributed by atoms with Crippen LogP contribution in [0, 0.1) is 0 Å². The normalized spacial score (nSPS) is 12.9. The summed E-state index contributed by atoms with van der Waals surface area (Å²) in [7, 11) is -4.10. The molecule has 0 bridgehead atoms. The summed E-state index contributed by atoms with van der Waals surface area (Å²) >= 11 is 5.61. The molecule has 8 nitrogen and oxygen atoms in total. The molecule has 0 saturated heterocycles. The first kappa shape index (κ1) is 16.4. The highest BCUT2D eigenvalue weighted by Gasteiger charge is 2.20. The summed E-state index contributed by atoms with van der Waals surface area (Å²) in [4.78, 5) is 21.1. The maximum atomic E-state index is 11.8. The number of aliphatic hydroxyl groups is 1. The number of aliphatic hydroxyl groups excluding tert-OH is 1. The molecule has 110 valence electrons. The number of nitrogens with one attached hydrogen (secondary N) is 1. The van der Waals surface area contributed by atoms with E-state index < -0.39 is 34.5 Å². The van der Waals surface area contributed by atoms with Crippen molar-refractivity contribution in [2.75, 3.05) is 6.54 Å². The van der Waals surface area contributed by atoms with Gasteiger partial charge >= 0.3 is 5.97 Å². The monoisotopic (exact) mass is 322 g/mol. The highest BCUT2D eigenvalue weighted by atomic mass is 35.5. The number of aromatic carboxylic acids is 1. The Morgan fingerprint density at radius 1 is 1.40 bits per heavy atom. The molecule has 1 aromatic rings. The van der Waals surface area contributed by atoms with E-state index in [9.17, 15) is 18.0 Å². The van der Waals surface area contributed by atoms with Gasteiger partial charge in [0, 0.05) is 6.54 Å². The van der Waals surface area contributed by atoms with Crippen LogP contribution in [0.2, 0.25) is 5.02 Å². The zero-order valence-corrected chi connectivity index (χ0v) is 11.5. The summed E-state index contributed by atoms with van der Waals surface area (Å²) in [5, 5.41) is 17.8. The SMILES string of the molecule is NC(=O)C(O)CNS(=O)(=O)c1ccc(Cl)c(C(=O)O)c1. The molecule has 10 heteroatoms. The Balaban J connectivity index is 3.01. The van der Waals surface area contributed by atoms with Crippen molar-refractivity contribution in [3.63, 3.8) is 0 Å². The smallest absolute Gasteiger partial charge is 0.337 e. The summed E-state index contributed by atoms with van der Waals surface area (Å²) in [6.07, 6.45) is -1.68. The molecular formula is C10H11ClN2O6S. The molecule has 1 rings (SSSR count). The minimum atomic E-state index is -4.10. The first-order valence-corrected chi connectivity index (χ1v) is 7.01. The number of hydrogen-bond donors (Lipinski definition) is 4. The van der Waals surface area contributed by atoms with Crippen LogP contribution >= 0.6 is 11.6 Å². The van der Waals surface area contributed by atoms with Crippen LogP contribution in [-0.4, -0.2) is 43.2 Å². The van der Waals surface area contributed by atoms with E-state index >= 15 is 0 Å². The predicted octanol–water partition coefficient (Wildman–Crippen LogP) is -0.837. The fourth-order valence-corrected chi connectivity index (χ4v) is 2.47. The number of hydrogen-bond acceptors (Lipinski definition) is 5. The van der Waals surface area contributed by atoms with Crippen molar-refractivity contribution in [3.05, 3.63) is 28.8 Å². The molecule has 1 unspecified atom stereocenters. The Labute approximate surface area is 119 Å². The minimum absolute atomic E-state index is 0.117. The van der Waals surface area contributed by atoms with Crippen molar-refractivity contribution < 1.29 is 28.2 Å². The lowest BCUT2D eigenvalue weighted by molar-refractivity contribution is -0.125. The number of sulfonamides is 1. The second-order valence-electron chi connectivity index (χ2n) is 3.72. The van der Waals surface area contributed by atoms with Crippen molar-refractivity contribution in [3.8, 4) is 0 Å². The molecule has 0 radical (unpaired) electrons. The molecule has 5 N–H and O–H groups in total. The van der Waals surface area contributed by atoms with Crippen LogP contribution in [0.15, 0.2) is 23.1 Å². The fourth-order valence-electron chi connectivity index (χ4n) is 1.21. The van der Waals surface area contributed by atoms with Gasteiger partial charge in [0.25, 0.3) is 0 Å². The highest BCUT2D eigenvalue weighted by Crippen LogP contribution is 2.20. The van der Waals surface area contributed by atoms with Crippen molar-refractivity contribution in [2.24, 2.45) is 5.73 Å². The van der Waals surface area contributed by atoms with Crippen LogP contribution in [0.1, 0.15) is 10.4 Å². The lowest BCUT2D eigenvalue weighted by Gasteiger charge is -2.10. The van der Waals surface area contributed by atoms with Gasteiger partial charge in [-0.3, -0.25) is 4.79 Å². The van der Waals surface area contributed by atoms with Gasteiger partial charge in [0.1, 0.15) is 6.10 Å². The van der Waals surface area contributed by atoms with E-state index in [0.29, 0.717) is 0 Å². The quantitative estimate of drug-likeness (QED) is 0.537. The molecule has 0 aliphatic heterocycles. The molecule has 0 aliphatic rings. The van der Waals surface area contributed by atoms with Crippen molar-refractivity contribution >= 4 is 33.5 Å². The number of carbonyl (C=O) groups excluding carboxylic acids is 1. The van der Waals surface area contributed by atoms with E-state index in [1.54, 1.807) is 0 Å². The number of carboxylic acid groups (broad SMARTS) is 1. The summed E-state index contributed by atoms with van der Waals surface area (Å²) in [6, 6.07) is 3.07. The Hall–Kier alpha value is -1.68. The predicted molar refractivity (Wildman–Crippen MR) is 68.8 cm³/mol. The van der Waals surface area contributed by atoms with Crippen LogP contribution in [0.4, 0.5) is 0 Å². The second-order valence-corrected chi connectivity index (χ2v) is 5.89. The fraction of sp³-hybridized carbons (Fsp3) is 0.200. The maximum absolute atomic E-state index is 11.8. The first-order chi connectivity index (χ1) is 9.15. The largest absolute Gasteiger partial charge is 0.478 e. The summed E-state index contributed by atoms with van der Waals surface area (Å²) in [5.41, 5.74) is 4.38. The average Bonchev–Trinajstić information content (AvgIpc) is 2.35. The molecular weight excluding hydrogens is 312 g/mol. The summed E-state index contributed by atoms with van der Waals surface area (Å²) in [5.74, 6) is -2.47. The molecule has 1 amide bonds. The third-order valence-electron chi connectivity index (χ3n) is 2.27. The maximum Gasteiger partial charge on any atom is 0.337 e. The number of amides is 1. The van der Waals surface area contributed by atoms with E-state index in [1.807, 2.05) is 4.72 Å². The lowest BCUT2D eigenvalue weighted by atomic mass is 10.2. The van der Waals surface area contributed by atoms with Crippen molar-refractivity contribution in [1.82, 2.24) is 4.72 Å². The molecule has 1 atom stereocenters. The molecule has 0 heterocycles. The molecule has 0 aromatic heterocycles. The van der Waals surface area contributed by atoms with Crippen LogP contribution in [-0.2, 0) is 14.8 Å². The van der Waals surface area contributed by atoms with E-state index in [-0.39, 0.29) is 15.5 Å². The molecule has 1 aromatic carbocycles. The van der Waals surface area contributed by atoms with Gasteiger partial charge in [-0.25, -0.2) is 17.9 Å². The average molecular weight is 323 g/mol. The van der Waals surface area contributed by atoms with Gasteiger partial charge in [0.05, 0.1) is 15.5 Å². The Bertz CT molecular complexity index is 645. The van der Waals surface area contributed by atoms with Gasteiger partial charge in [-0.2, -0.15) is 0 Å². The Kier molecular flexibility index (Phi) is 5.06. The van der Waals surface area contributed by atoms with Gasteiger partial charge in [0.2, 0.25) is 15.9 Å². The van der Waals surface area contributed by atoms with Crippen LogP contribution in [0.3, 0.4) is 0 Å². The zero-order chi connectivity index (χ0) is 15.5. The van der Waals surface area contributed by atoms with E-state index in [4.69, 9.17) is 27.5 Å². The number of nitrogens with two attached hydrogens (primary N) is 1. The van der Waals surface area contributed by atoms with Crippen LogP contribution in [0.25, 0.3) is 0 Å². The van der Waals surface area contributed by atoms with Gasteiger partial charge in [-0.15, -0.1) is 0 Å². The molecule has 0 aliphatic carbocycles. The zero-order valence-electron chi connectivity index (χ0n) is 9.91. The minimum Gasteiger partial charge on any atom is -0.478 e. The van der Waals surface area contributed by atoms with Crippen molar-refractivity contribution in [1.29, 1.82) is 0 Å². The third kappa shape index (κ3) is 3.90. The molecule has 20 heavy (non-hydrogen) atoms. The number of carbonyl (C=O) groups is 2. The number of primary amides is 1. The number of benzene rings is 1. The molecule has 0 fully saturated rings. The number of halogens is 1. The van der Waals surface area contributed by atoms with E-state index in [1.165, 1.54) is 0 Å². The van der Waals surface area contributed by atoms with Gasteiger partial charge < -0.3 is 15.9 Å². The Morgan fingerprint density at radius 2 is 2.00 bits per heavy atom. The van der Waals surface area contributed by atoms with Crippen molar-refractivity contribution in [2.45, 2.75) is 11.0 Å².